The number of aromatic nitrogens is 2. The van der Waals surface area contributed by atoms with Crippen molar-refractivity contribution in [2.75, 3.05) is 18.5 Å². The number of hydrogen-bond acceptors (Lipinski definition) is 5. The highest BCUT2D eigenvalue weighted by molar-refractivity contribution is 5.94. The average Bonchev–Trinajstić information content (AvgIpc) is 3.37. The molecule has 31 heavy (non-hydrogen) atoms. The zero-order valence-corrected chi connectivity index (χ0v) is 17.0. The van der Waals surface area contributed by atoms with Gasteiger partial charge in [0.1, 0.15) is 11.6 Å². The van der Waals surface area contributed by atoms with Gasteiger partial charge in [-0.25, -0.2) is 14.2 Å². The number of anilines is 1. The standard InChI is InChI=1S/C23H22FN3O4/c1-13(25-18-5-3-2-4-15(18)21(29)30)16-10-14(24)11-17-19(16)26-22-23(7-9-31-12-23)6-8-27(22)20(17)28/h2-5,10-11,13,25H,6-9,12H2,1H3,(H,29,30)/t13-,23+/m1/s1. The normalized spacial score (nSPS) is 20.8. The third-order valence-electron chi connectivity index (χ3n) is 6.44. The molecule has 5 rings (SSSR count). The Morgan fingerprint density at radius 3 is 2.87 bits per heavy atom. The highest BCUT2D eigenvalue weighted by Crippen LogP contribution is 2.40. The summed E-state index contributed by atoms with van der Waals surface area (Å²) in [6, 6.07) is 8.65. The van der Waals surface area contributed by atoms with Crippen LogP contribution < -0.4 is 10.9 Å². The fourth-order valence-corrected chi connectivity index (χ4v) is 4.78. The minimum atomic E-state index is -1.06. The minimum absolute atomic E-state index is 0.117. The van der Waals surface area contributed by atoms with Crippen molar-refractivity contribution in [3.8, 4) is 0 Å². The van der Waals surface area contributed by atoms with Crippen LogP contribution in [-0.4, -0.2) is 33.8 Å². The average molecular weight is 423 g/mol. The molecule has 1 saturated heterocycles. The second-order valence-corrected chi connectivity index (χ2v) is 8.33. The van der Waals surface area contributed by atoms with Gasteiger partial charge < -0.3 is 15.2 Å². The van der Waals surface area contributed by atoms with Crippen molar-refractivity contribution in [3.63, 3.8) is 0 Å². The van der Waals surface area contributed by atoms with Crippen LogP contribution in [0, 0.1) is 5.82 Å². The number of carbonyl (C=O) groups is 1. The van der Waals surface area contributed by atoms with Crippen molar-refractivity contribution in [1.82, 2.24) is 9.55 Å². The van der Waals surface area contributed by atoms with Crippen molar-refractivity contribution in [3.05, 3.63) is 69.5 Å². The molecule has 3 heterocycles. The van der Waals surface area contributed by atoms with Gasteiger partial charge in [0.05, 0.1) is 34.5 Å². The maximum Gasteiger partial charge on any atom is 0.337 e. The van der Waals surface area contributed by atoms with E-state index in [0.29, 0.717) is 42.4 Å². The van der Waals surface area contributed by atoms with E-state index in [4.69, 9.17) is 9.72 Å². The first-order valence-electron chi connectivity index (χ1n) is 10.3. The second-order valence-electron chi connectivity index (χ2n) is 8.33. The predicted molar refractivity (Wildman–Crippen MR) is 113 cm³/mol. The Hall–Kier alpha value is -3.26. The summed E-state index contributed by atoms with van der Waals surface area (Å²) in [5.41, 5.74) is 0.966. The Morgan fingerprint density at radius 2 is 2.13 bits per heavy atom. The zero-order chi connectivity index (χ0) is 21.8. The molecule has 0 unspecified atom stereocenters. The summed E-state index contributed by atoms with van der Waals surface area (Å²) in [7, 11) is 0. The van der Waals surface area contributed by atoms with Crippen LogP contribution in [0.3, 0.4) is 0 Å². The topological polar surface area (TPSA) is 93.5 Å². The van der Waals surface area contributed by atoms with E-state index >= 15 is 0 Å². The van der Waals surface area contributed by atoms with Crippen LogP contribution in [0.15, 0.2) is 41.2 Å². The number of hydrogen-bond donors (Lipinski definition) is 2. The number of ether oxygens (including phenoxy) is 1. The largest absolute Gasteiger partial charge is 0.478 e. The lowest BCUT2D eigenvalue weighted by Gasteiger charge is -2.22. The Labute approximate surface area is 177 Å². The van der Waals surface area contributed by atoms with Gasteiger partial charge in [-0.2, -0.15) is 0 Å². The van der Waals surface area contributed by atoms with Gasteiger partial charge in [-0.05, 0) is 44.0 Å². The Bertz CT molecular complexity index is 1260. The predicted octanol–water partition coefficient (Wildman–Crippen LogP) is 3.47. The summed E-state index contributed by atoms with van der Waals surface area (Å²) >= 11 is 0. The van der Waals surface area contributed by atoms with Gasteiger partial charge in [0.15, 0.2) is 0 Å². The van der Waals surface area contributed by atoms with Crippen LogP contribution in [-0.2, 0) is 16.7 Å². The maximum atomic E-state index is 14.5. The molecule has 0 saturated carbocycles. The molecule has 2 aromatic carbocycles. The van der Waals surface area contributed by atoms with Gasteiger partial charge in [-0.15, -0.1) is 0 Å². The molecule has 7 nitrogen and oxygen atoms in total. The zero-order valence-electron chi connectivity index (χ0n) is 17.0. The van der Waals surface area contributed by atoms with E-state index in [1.165, 1.54) is 18.2 Å². The smallest absolute Gasteiger partial charge is 0.337 e. The van der Waals surface area contributed by atoms with E-state index in [9.17, 15) is 19.1 Å². The molecular formula is C23H22FN3O4. The van der Waals surface area contributed by atoms with E-state index < -0.39 is 17.8 Å². The van der Waals surface area contributed by atoms with Crippen molar-refractivity contribution in [1.29, 1.82) is 0 Å². The number of nitrogens with zero attached hydrogens (tertiary/aromatic N) is 2. The van der Waals surface area contributed by atoms with Gasteiger partial charge in [0.2, 0.25) is 0 Å². The third-order valence-corrected chi connectivity index (χ3v) is 6.44. The highest BCUT2D eigenvalue weighted by Gasteiger charge is 2.44. The molecule has 160 valence electrons. The van der Waals surface area contributed by atoms with E-state index in [0.717, 1.165) is 12.8 Å². The molecule has 2 atom stereocenters. The molecule has 0 radical (unpaired) electrons. The SMILES string of the molecule is C[C@@H](Nc1ccccc1C(=O)O)c1cc(F)cc2c(=O)n3c(nc12)[C@]1(CCOC1)CC3. The van der Waals surface area contributed by atoms with Gasteiger partial charge >= 0.3 is 5.97 Å². The molecule has 0 bridgehead atoms. The molecule has 1 aromatic heterocycles. The number of carboxylic acid groups (broad SMARTS) is 1. The number of para-hydroxylation sites is 1. The van der Waals surface area contributed by atoms with Gasteiger partial charge in [-0.3, -0.25) is 9.36 Å². The number of aromatic carboxylic acids is 1. The first kappa shape index (κ1) is 19.7. The fourth-order valence-electron chi connectivity index (χ4n) is 4.78. The highest BCUT2D eigenvalue weighted by atomic mass is 19.1. The summed E-state index contributed by atoms with van der Waals surface area (Å²) in [5, 5.41) is 12.8. The molecule has 1 spiro atoms. The second kappa shape index (κ2) is 7.16. The van der Waals surface area contributed by atoms with E-state index in [-0.39, 0.29) is 21.9 Å². The summed E-state index contributed by atoms with van der Waals surface area (Å²) < 4.78 is 21.8. The maximum absolute atomic E-state index is 14.5. The quantitative estimate of drug-likeness (QED) is 0.668. The molecular weight excluding hydrogens is 401 g/mol. The Balaban J connectivity index is 1.65. The third kappa shape index (κ3) is 3.09. The molecule has 2 aliphatic heterocycles. The van der Waals surface area contributed by atoms with Crippen LogP contribution in [0.2, 0.25) is 0 Å². The summed E-state index contributed by atoms with van der Waals surface area (Å²) in [6.07, 6.45) is 1.59. The van der Waals surface area contributed by atoms with E-state index in [2.05, 4.69) is 5.32 Å². The molecule has 2 N–H and O–H groups in total. The van der Waals surface area contributed by atoms with Gasteiger partial charge in [0.25, 0.3) is 5.56 Å². The number of nitrogens with one attached hydrogen (secondary N) is 1. The van der Waals surface area contributed by atoms with E-state index in [1.807, 2.05) is 0 Å². The van der Waals surface area contributed by atoms with Crippen molar-refractivity contribution < 1.29 is 19.0 Å². The fraction of sp³-hybridized carbons (Fsp3) is 0.348. The number of carboxylic acids is 1. The summed E-state index contributed by atoms with van der Waals surface area (Å²) in [5.74, 6) is -0.885. The first-order valence-corrected chi connectivity index (χ1v) is 10.3. The lowest BCUT2D eigenvalue weighted by Crippen LogP contribution is -2.29. The van der Waals surface area contributed by atoms with Crippen molar-refractivity contribution in [2.24, 2.45) is 0 Å². The van der Waals surface area contributed by atoms with Crippen LogP contribution in [0.4, 0.5) is 10.1 Å². The van der Waals surface area contributed by atoms with Gasteiger partial charge in [-0.1, -0.05) is 12.1 Å². The van der Waals surface area contributed by atoms with Gasteiger partial charge in [0, 0.05) is 24.4 Å². The molecule has 8 heteroatoms. The summed E-state index contributed by atoms with van der Waals surface area (Å²) in [6.45, 7) is 3.51. The molecule has 3 aromatic rings. The molecule has 0 amide bonds. The van der Waals surface area contributed by atoms with Crippen LogP contribution in [0.5, 0.6) is 0 Å². The molecule has 2 aliphatic rings. The number of halogens is 1. The van der Waals surface area contributed by atoms with Crippen LogP contribution >= 0.6 is 0 Å². The Morgan fingerprint density at radius 1 is 1.32 bits per heavy atom. The lowest BCUT2D eigenvalue weighted by atomic mass is 9.85. The number of rotatable bonds is 4. The van der Waals surface area contributed by atoms with Crippen LogP contribution in [0.25, 0.3) is 10.9 Å². The lowest BCUT2D eigenvalue weighted by molar-refractivity contribution is 0.0698. The number of benzene rings is 2. The Kier molecular flexibility index (Phi) is 4.55. The summed E-state index contributed by atoms with van der Waals surface area (Å²) in [4.78, 5) is 29.6. The molecule has 0 aliphatic carbocycles. The number of fused-ring (bicyclic) bond motifs is 3. The van der Waals surface area contributed by atoms with Crippen molar-refractivity contribution in [2.45, 2.75) is 37.8 Å². The molecule has 1 fully saturated rings. The van der Waals surface area contributed by atoms with Crippen molar-refractivity contribution >= 4 is 22.6 Å². The van der Waals surface area contributed by atoms with E-state index in [1.54, 1.807) is 29.7 Å². The van der Waals surface area contributed by atoms with Crippen LogP contribution in [0.1, 0.15) is 47.6 Å². The monoisotopic (exact) mass is 423 g/mol. The minimum Gasteiger partial charge on any atom is -0.478 e. The first-order chi connectivity index (χ1) is 14.9.